The number of alkyl halides is 3. The molecule has 0 radical (unpaired) electrons. The van der Waals surface area contributed by atoms with Crippen molar-refractivity contribution < 1.29 is 22.4 Å². The van der Waals surface area contributed by atoms with Crippen molar-refractivity contribution in [3.05, 3.63) is 53.2 Å². The van der Waals surface area contributed by atoms with Crippen LogP contribution in [-0.4, -0.2) is 10.8 Å². The van der Waals surface area contributed by atoms with Gasteiger partial charge in [-0.05, 0) is 24.6 Å². The van der Waals surface area contributed by atoms with E-state index in [4.69, 9.17) is 4.42 Å². The highest BCUT2D eigenvalue weighted by atomic mass is 19.4. The Morgan fingerprint density at radius 2 is 1.90 bits per heavy atom. The van der Waals surface area contributed by atoms with Crippen LogP contribution >= 0.6 is 0 Å². The number of aromatic nitrogens is 1. The van der Waals surface area contributed by atoms with Crippen LogP contribution in [0.25, 0.3) is 0 Å². The van der Waals surface area contributed by atoms with E-state index < -0.39 is 11.7 Å². The third-order valence-corrected chi connectivity index (χ3v) is 2.67. The molecule has 106 valence electrons. The van der Waals surface area contributed by atoms with E-state index in [2.05, 4.69) is 4.98 Å². The van der Waals surface area contributed by atoms with Gasteiger partial charge >= 0.3 is 6.18 Å². The Hall–Kier alpha value is -2.11. The topological polar surface area (TPSA) is 43.1 Å². The van der Waals surface area contributed by atoms with Gasteiger partial charge in [-0.25, -0.2) is 4.98 Å². The Bertz CT molecular complexity index is 600. The minimum atomic E-state index is -4.34. The van der Waals surface area contributed by atoms with Crippen LogP contribution in [-0.2, 0) is 23.8 Å². The normalized spacial score (nSPS) is 11.6. The maximum atomic E-state index is 12.4. The van der Waals surface area contributed by atoms with Crippen LogP contribution < -0.4 is 0 Å². The molecule has 20 heavy (non-hydrogen) atoms. The molecular formula is C14H12F3NO2. The lowest BCUT2D eigenvalue weighted by Crippen LogP contribution is -2.04. The van der Waals surface area contributed by atoms with E-state index in [1.165, 1.54) is 25.3 Å². The first-order valence-electron chi connectivity index (χ1n) is 5.93. The molecule has 0 amide bonds. The van der Waals surface area contributed by atoms with E-state index in [0.29, 0.717) is 17.1 Å². The molecule has 0 unspecified atom stereocenters. The van der Waals surface area contributed by atoms with Crippen molar-refractivity contribution in [1.29, 1.82) is 0 Å². The molecule has 0 aliphatic carbocycles. The molecule has 0 N–H and O–H groups in total. The molecule has 6 heteroatoms. The van der Waals surface area contributed by atoms with Crippen molar-refractivity contribution in [2.24, 2.45) is 0 Å². The van der Waals surface area contributed by atoms with E-state index in [-0.39, 0.29) is 18.6 Å². The molecule has 3 nitrogen and oxygen atoms in total. The number of ketones is 1. The zero-order valence-corrected chi connectivity index (χ0v) is 10.7. The third kappa shape index (κ3) is 3.69. The summed E-state index contributed by atoms with van der Waals surface area (Å²) in [5.74, 6) is 0.348. The van der Waals surface area contributed by atoms with E-state index in [0.717, 1.165) is 12.1 Å². The second-order valence-electron chi connectivity index (χ2n) is 4.48. The van der Waals surface area contributed by atoms with Gasteiger partial charge in [0.15, 0.2) is 5.89 Å². The second-order valence-corrected chi connectivity index (χ2v) is 4.48. The number of hydrogen-bond acceptors (Lipinski definition) is 3. The monoisotopic (exact) mass is 283 g/mol. The SMILES string of the molecule is CC(=O)Cc1coc(Cc2ccc(C(F)(F)F)cc2)n1. The molecule has 0 bridgehead atoms. The number of rotatable bonds is 4. The van der Waals surface area contributed by atoms with Gasteiger partial charge in [0.25, 0.3) is 0 Å². The molecule has 0 saturated heterocycles. The first kappa shape index (κ1) is 14.3. The third-order valence-electron chi connectivity index (χ3n) is 2.67. The van der Waals surface area contributed by atoms with Gasteiger partial charge in [-0.2, -0.15) is 13.2 Å². The van der Waals surface area contributed by atoms with Gasteiger partial charge in [-0.15, -0.1) is 0 Å². The van der Waals surface area contributed by atoms with Crippen LogP contribution in [0.2, 0.25) is 0 Å². The summed E-state index contributed by atoms with van der Waals surface area (Å²) in [6.07, 6.45) is -2.47. The summed E-state index contributed by atoms with van der Waals surface area (Å²) in [7, 11) is 0. The number of halogens is 3. The van der Waals surface area contributed by atoms with Crippen LogP contribution in [0, 0.1) is 0 Å². The summed E-state index contributed by atoms with van der Waals surface area (Å²) in [5, 5.41) is 0. The van der Waals surface area contributed by atoms with E-state index in [1.54, 1.807) is 0 Å². The standard InChI is InChI=1S/C14H12F3NO2/c1-9(19)6-12-8-20-13(18-12)7-10-2-4-11(5-3-10)14(15,16)17/h2-5,8H,6-7H2,1H3. The minimum absolute atomic E-state index is 0.0284. The smallest absolute Gasteiger partial charge is 0.416 e. The predicted octanol–water partition coefficient (Wildman–Crippen LogP) is 3.42. The Labute approximate surface area is 113 Å². The molecule has 1 aromatic carbocycles. The fourth-order valence-electron chi connectivity index (χ4n) is 1.75. The summed E-state index contributed by atoms with van der Waals surface area (Å²) < 4.78 is 42.4. The molecule has 1 aromatic heterocycles. The number of nitrogens with zero attached hydrogens (tertiary/aromatic N) is 1. The average Bonchev–Trinajstić information content (AvgIpc) is 2.75. The van der Waals surface area contributed by atoms with Crippen LogP contribution in [0.15, 0.2) is 34.9 Å². The quantitative estimate of drug-likeness (QED) is 0.863. The summed E-state index contributed by atoms with van der Waals surface area (Å²) in [6, 6.07) is 4.82. The number of oxazole rings is 1. The number of carbonyl (C=O) groups excluding carboxylic acids is 1. The Morgan fingerprint density at radius 1 is 1.25 bits per heavy atom. The van der Waals surface area contributed by atoms with Crippen molar-refractivity contribution in [3.8, 4) is 0 Å². The van der Waals surface area contributed by atoms with Gasteiger partial charge in [-0.1, -0.05) is 12.1 Å². The highest BCUT2D eigenvalue weighted by Crippen LogP contribution is 2.29. The van der Waals surface area contributed by atoms with Gasteiger partial charge in [0.05, 0.1) is 17.7 Å². The zero-order valence-electron chi connectivity index (χ0n) is 10.7. The van der Waals surface area contributed by atoms with Crippen LogP contribution in [0.5, 0.6) is 0 Å². The van der Waals surface area contributed by atoms with E-state index in [1.807, 2.05) is 0 Å². The fraction of sp³-hybridized carbons (Fsp3) is 0.286. The molecule has 0 fully saturated rings. The Morgan fingerprint density at radius 3 is 2.45 bits per heavy atom. The first-order valence-corrected chi connectivity index (χ1v) is 5.93. The molecule has 2 rings (SSSR count). The minimum Gasteiger partial charge on any atom is -0.448 e. The van der Waals surface area contributed by atoms with Gasteiger partial charge in [0.2, 0.25) is 0 Å². The molecule has 0 aliphatic heterocycles. The molecule has 0 aliphatic rings. The highest BCUT2D eigenvalue weighted by Gasteiger charge is 2.29. The highest BCUT2D eigenvalue weighted by molar-refractivity contribution is 5.77. The lowest BCUT2D eigenvalue weighted by atomic mass is 10.1. The summed E-state index contributed by atoms with van der Waals surface area (Å²) >= 11 is 0. The predicted molar refractivity (Wildman–Crippen MR) is 65.1 cm³/mol. The van der Waals surface area contributed by atoms with Crippen molar-refractivity contribution in [2.45, 2.75) is 25.9 Å². The summed E-state index contributed by atoms with van der Waals surface area (Å²) in [5.41, 5.74) is 0.500. The molecule has 2 aromatic rings. The molecule has 1 heterocycles. The number of hydrogen-bond donors (Lipinski definition) is 0. The first-order chi connectivity index (χ1) is 9.34. The van der Waals surface area contributed by atoms with E-state index in [9.17, 15) is 18.0 Å². The Balaban J connectivity index is 2.06. The fourth-order valence-corrected chi connectivity index (χ4v) is 1.75. The molecule has 0 saturated carbocycles. The number of benzene rings is 1. The lowest BCUT2D eigenvalue weighted by molar-refractivity contribution is -0.137. The molecular weight excluding hydrogens is 271 g/mol. The maximum Gasteiger partial charge on any atom is 0.416 e. The van der Waals surface area contributed by atoms with E-state index >= 15 is 0 Å². The van der Waals surface area contributed by atoms with Gasteiger partial charge in [-0.3, -0.25) is 4.79 Å². The maximum absolute atomic E-state index is 12.4. The summed E-state index contributed by atoms with van der Waals surface area (Å²) in [6.45, 7) is 1.45. The molecule has 0 spiro atoms. The van der Waals surface area contributed by atoms with Crippen LogP contribution in [0.1, 0.15) is 29.6 Å². The van der Waals surface area contributed by atoms with Crippen molar-refractivity contribution in [2.75, 3.05) is 0 Å². The zero-order chi connectivity index (χ0) is 14.8. The summed E-state index contributed by atoms with van der Waals surface area (Å²) in [4.78, 5) is 15.0. The van der Waals surface area contributed by atoms with Crippen molar-refractivity contribution in [1.82, 2.24) is 4.98 Å². The van der Waals surface area contributed by atoms with Crippen LogP contribution in [0.3, 0.4) is 0 Å². The molecule has 0 atom stereocenters. The van der Waals surface area contributed by atoms with Gasteiger partial charge in [0.1, 0.15) is 12.0 Å². The van der Waals surface area contributed by atoms with Gasteiger partial charge in [0, 0.05) is 6.42 Å². The number of Topliss-reactive ketones (excluding diaryl/α,β-unsaturated/α-hetero) is 1. The Kier molecular flexibility index (Phi) is 3.92. The van der Waals surface area contributed by atoms with Crippen molar-refractivity contribution >= 4 is 5.78 Å². The van der Waals surface area contributed by atoms with Crippen molar-refractivity contribution in [3.63, 3.8) is 0 Å². The van der Waals surface area contributed by atoms with Gasteiger partial charge < -0.3 is 4.42 Å². The van der Waals surface area contributed by atoms with Crippen LogP contribution in [0.4, 0.5) is 13.2 Å². The largest absolute Gasteiger partial charge is 0.448 e. The second kappa shape index (κ2) is 5.48. The average molecular weight is 283 g/mol. The lowest BCUT2D eigenvalue weighted by Gasteiger charge is -2.06. The number of carbonyl (C=O) groups is 1.